The Balaban J connectivity index is 1.58. The van der Waals surface area contributed by atoms with Crippen LogP contribution in [0.2, 0.25) is 0 Å². The molecule has 6 heteroatoms. The number of fused-ring (bicyclic) bond motifs is 1. The predicted molar refractivity (Wildman–Crippen MR) is 95.6 cm³/mol. The molecule has 0 radical (unpaired) electrons. The average molecular weight is 337 g/mol. The van der Waals surface area contributed by atoms with Crippen LogP contribution < -0.4 is 14.8 Å². The van der Waals surface area contributed by atoms with Crippen LogP contribution in [-0.4, -0.2) is 30.1 Å². The van der Waals surface area contributed by atoms with Gasteiger partial charge in [-0.1, -0.05) is 0 Å². The monoisotopic (exact) mass is 337 g/mol. The molecular formula is C19H19N3O3. The minimum absolute atomic E-state index is 0.224. The van der Waals surface area contributed by atoms with Crippen LogP contribution in [0.15, 0.2) is 36.4 Å². The molecule has 2 aromatic carbocycles. The van der Waals surface area contributed by atoms with Gasteiger partial charge in [0.25, 0.3) is 5.91 Å². The van der Waals surface area contributed by atoms with Crippen molar-refractivity contribution in [2.75, 3.05) is 19.5 Å². The molecule has 0 spiro atoms. The highest BCUT2D eigenvalue weighted by Crippen LogP contribution is 2.39. The second kappa shape index (κ2) is 6.12. The third-order valence-corrected chi connectivity index (χ3v) is 4.34. The van der Waals surface area contributed by atoms with Gasteiger partial charge in [0.05, 0.1) is 25.3 Å². The Labute approximate surface area is 145 Å². The molecule has 128 valence electrons. The standard InChI is InChI=1S/C19H19N3O3/c1-24-14-7-12(8-15(10-14)25-2)19(23)20-13-5-6-16-17(9-13)22-18(21-16)11-3-4-11/h5-11H,3-4H2,1-2H3,(H,20,23)(H,21,22). The zero-order valence-corrected chi connectivity index (χ0v) is 14.1. The summed E-state index contributed by atoms with van der Waals surface area (Å²) in [6.07, 6.45) is 2.39. The number of carbonyl (C=O) groups is 1. The topological polar surface area (TPSA) is 76.2 Å². The molecule has 1 aromatic heterocycles. The highest BCUT2D eigenvalue weighted by atomic mass is 16.5. The first-order valence-electron chi connectivity index (χ1n) is 8.20. The van der Waals surface area contributed by atoms with Gasteiger partial charge in [-0.05, 0) is 43.2 Å². The highest BCUT2D eigenvalue weighted by molar-refractivity contribution is 6.05. The number of hydrogen-bond donors (Lipinski definition) is 2. The molecule has 2 N–H and O–H groups in total. The maximum absolute atomic E-state index is 12.6. The molecule has 1 aliphatic rings. The van der Waals surface area contributed by atoms with Crippen molar-refractivity contribution >= 4 is 22.6 Å². The molecule has 0 unspecified atom stereocenters. The van der Waals surface area contributed by atoms with Crippen LogP contribution in [0.5, 0.6) is 11.5 Å². The number of hydrogen-bond acceptors (Lipinski definition) is 4. The smallest absolute Gasteiger partial charge is 0.255 e. The van der Waals surface area contributed by atoms with E-state index in [9.17, 15) is 4.79 Å². The SMILES string of the molecule is COc1cc(OC)cc(C(=O)Nc2ccc3nc(C4CC4)[nH]c3c2)c1. The number of nitrogens with one attached hydrogen (secondary N) is 2. The Morgan fingerprint density at radius 1 is 1.12 bits per heavy atom. The fraction of sp³-hybridized carbons (Fsp3) is 0.263. The number of benzene rings is 2. The Morgan fingerprint density at radius 2 is 1.84 bits per heavy atom. The highest BCUT2D eigenvalue weighted by Gasteiger charge is 2.26. The van der Waals surface area contributed by atoms with Crippen LogP contribution in [0.1, 0.15) is 34.9 Å². The number of anilines is 1. The summed E-state index contributed by atoms with van der Waals surface area (Å²) in [7, 11) is 3.11. The lowest BCUT2D eigenvalue weighted by atomic mass is 10.1. The van der Waals surface area contributed by atoms with E-state index in [-0.39, 0.29) is 5.91 Å². The molecule has 1 saturated carbocycles. The van der Waals surface area contributed by atoms with Crippen molar-refractivity contribution < 1.29 is 14.3 Å². The van der Waals surface area contributed by atoms with Crippen LogP contribution >= 0.6 is 0 Å². The fourth-order valence-corrected chi connectivity index (χ4v) is 2.80. The van der Waals surface area contributed by atoms with Crippen LogP contribution in [0.3, 0.4) is 0 Å². The molecule has 4 rings (SSSR count). The van der Waals surface area contributed by atoms with E-state index in [2.05, 4.69) is 15.3 Å². The van der Waals surface area contributed by atoms with Crippen molar-refractivity contribution in [3.63, 3.8) is 0 Å². The van der Waals surface area contributed by atoms with Crippen LogP contribution in [0, 0.1) is 0 Å². The summed E-state index contributed by atoms with van der Waals surface area (Å²) >= 11 is 0. The maximum atomic E-state index is 12.6. The molecule has 1 fully saturated rings. The molecule has 6 nitrogen and oxygen atoms in total. The molecule has 1 heterocycles. The molecule has 3 aromatic rings. The van der Waals surface area contributed by atoms with E-state index < -0.39 is 0 Å². The van der Waals surface area contributed by atoms with Crippen LogP contribution in [0.25, 0.3) is 11.0 Å². The van der Waals surface area contributed by atoms with Gasteiger partial charge in [-0.3, -0.25) is 4.79 Å². The number of amides is 1. The van der Waals surface area contributed by atoms with E-state index in [4.69, 9.17) is 9.47 Å². The average Bonchev–Trinajstić information content (AvgIpc) is 3.40. The van der Waals surface area contributed by atoms with Gasteiger partial charge in [-0.15, -0.1) is 0 Å². The van der Waals surface area contributed by atoms with E-state index in [0.717, 1.165) is 16.9 Å². The van der Waals surface area contributed by atoms with Gasteiger partial charge in [0.2, 0.25) is 0 Å². The number of imidazole rings is 1. The van der Waals surface area contributed by atoms with Crippen molar-refractivity contribution in [3.05, 3.63) is 47.8 Å². The van der Waals surface area contributed by atoms with Crippen LogP contribution in [0.4, 0.5) is 5.69 Å². The quantitative estimate of drug-likeness (QED) is 0.744. The molecule has 25 heavy (non-hydrogen) atoms. The van der Waals surface area contributed by atoms with Gasteiger partial charge < -0.3 is 19.8 Å². The summed E-state index contributed by atoms with van der Waals surface area (Å²) in [5.74, 6) is 2.52. The normalized spacial score (nSPS) is 13.7. The summed E-state index contributed by atoms with van der Waals surface area (Å²) in [4.78, 5) is 20.5. The Bertz CT molecular complexity index is 922. The summed E-state index contributed by atoms with van der Waals surface area (Å²) in [6.45, 7) is 0. The molecule has 1 amide bonds. The zero-order chi connectivity index (χ0) is 17.4. The molecule has 1 aliphatic carbocycles. The largest absolute Gasteiger partial charge is 0.497 e. The first-order valence-corrected chi connectivity index (χ1v) is 8.20. The lowest BCUT2D eigenvalue weighted by Gasteiger charge is -2.09. The molecule has 0 atom stereocenters. The van der Waals surface area contributed by atoms with E-state index >= 15 is 0 Å². The van der Waals surface area contributed by atoms with E-state index in [1.54, 1.807) is 32.4 Å². The first-order chi connectivity index (χ1) is 12.2. The first kappa shape index (κ1) is 15.5. The van der Waals surface area contributed by atoms with Gasteiger partial charge in [0.15, 0.2) is 0 Å². The second-order valence-electron chi connectivity index (χ2n) is 6.18. The van der Waals surface area contributed by atoms with Crippen molar-refractivity contribution in [3.8, 4) is 11.5 Å². The fourth-order valence-electron chi connectivity index (χ4n) is 2.80. The Morgan fingerprint density at radius 3 is 2.48 bits per heavy atom. The third-order valence-electron chi connectivity index (χ3n) is 4.34. The third kappa shape index (κ3) is 3.15. The van der Waals surface area contributed by atoms with Gasteiger partial charge in [0.1, 0.15) is 17.3 Å². The minimum Gasteiger partial charge on any atom is -0.497 e. The number of nitrogens with zero attached hydrogens (tertiary/aromatic N) is 1. The Kier molecular flexibility index (Phi) is 3.80. The number of aromatic nitrogens is 2. The van der Waals surface area contributed by atoms with Crippen molar-refractivity contribution in [2.45, 2.75) is 18.8 Å². The van der Waals surface area contributed by atoms with Crippen molar-refractivity contribution in [1.29, 1.82) is 0 Å². The second-order valence-corrected chi connectivity index (χ2v) is 6.18. The molecule has 0 saturated heterocycles. The summed E-state index contributed by atoms with van der Waals surface area (Å²) in [5.41, 5.74) is 3.04. The van der Waals surface area contributed by atoms with Gasteiger partial charge in [-0.25, -0.2) is 4.98 Å². The van der Waals surface area contributed by atoms with Crippen molar-refractivity contribution in [1.82, 2.24) is 9.97 Å². The summed E-state index contributed by atoms with van der Waals surface area (Å²) in [6, 6.07) is 10.8. The van der Waals surface area contributed by atoms with E-state index in [1.807, 2.05) is 18.2 Å². The summed E-state index contributed by atoms with van der Waals surface area (Å²) in [5, 5.41) is 2.91. The van der Waals surface area contributed by atoms with Crippen molar-refractivity contribution in [2.24, 2.45) is 0 Å². The number of ether oxygens (including phenoxy) is 2. The van der Waals surface area contributed by atoms with Gasteiger partial charge in [0, 0.05) is 23.2 Å². The summed E-state index contributed by atoms with van der Waals surface area (Å²) < 4.78 is 10.4. The lowest BCUT2D eigenvalue weighted by molar-refractivity contribution is 0.102. The van der Waals surface area contributed by atoms with Crippen LogP contribution in [-0.2, 0) is 0 Å². The number of aromatic amines is 1. The number of rotatable bonds is 5. The molecule has 0 aliphatic heterocycles. The predicted octanol–water partition coefficient (Wildman–Crippen LogP) is 3.71. The van der Waals surface area contributed by atoms with Gasteiger partial charge in [-0.2, -0.15) is 0 Å². The number of H-pyrrole nitrogens is 1. The number of carbonyl (C=O) groups excluding carboxylic acids is 1. The molecular weight excluding hydrogens is 318 g/mol. The molecule has 0 bridgehead atoms. The van der Waals surface area contributed by atoms with Gasteiger partial charge >= 0.3 is 0 Å². The maximum Gasteiger partial charge on any atom is 0.255 e. The number of methoxy groups -OCH3 is 2. The van der Waals surface area contributed by atoms with E-state index in [1.165, 1.54) is 12.8 Å². The minimum atomic E-state index is -0.224. The van der Waals surface area contributed by atoms with E-state index in [0.29, 0.717) is 28.7 Å². The zero-order valence-electron chi connectivity index (χ0n) is 14.1. The lowest BCUT2D eigenvalue weighted by Crippen LogP contribution is -2.12. The Hall–Kier alpha value is -3.02.